The maximum Gasteiger partial charge on any atom is 1.00 e. The van der Waals surface area contributed by atoms with Crippen LogP contribution in [-0.4, -0.2) is 4.74 Å². The van der Waals surface area contributed by atoms with Gasteiger partial charge in [-0.1, -0.05) is 30.3 Å². The summed E-state index contributed by atoms with van der Waals surface area (Å²) in [5.74, 6) is -0.156. The third-order valence-electron chi connectivity index (χ3n) is 4.64. The van der Waals surface area contributed by atoms with Gasteiger partial charge in [0.25, 0.3) is 0 Å². The van der Waals surface area contributed by atoms with E-state index in [1.54, 1.807) is 11.3 Å². The van der Waals surface area contributed by atoms with Gasteiger partial charge in [-0.2, -0.15) is 0 Å². The first-order valence-electron chi connectivity index (χ1n) is 9.10. The summed E-state index contributed by atoms with van der Waals surface area (Å²) in [4.78, 5) is 26.8. The maximum absolute atomic E-state index is 11.5. The van der Waals surface area contributed by atoms with Crippen LogP contribution in [0.1, 0.15) is 21.6 Å². The van der Waals surface area contributed by atoms with Gasteiger partial charge in [-0.05, 0) is 65.2 Å². The molecule has 4 aromatic rings. The topological polar surface area (TPSA) is 75.5 Å². The van der Waals surface area contributed by atoms with Gasteiger partial charge in [0, 0.05) is 11.4 Å². The van der Waals surface area contributed by atoms with Gasteiger partial charge >= 0.3 is 35.3 Å². The molecule has 30 heavy (non-hydrogen) atoms. The fourth-order valence-corrected chi connectivity index (χ4v) is 4.04. The number of thiophene rings is 1. The molecule has 0 unspecified atom stereocenters. The summed E-state index contributed by atoms with van der Waals surface area (Å²) in [6, 6.07) is 15.8. The summed E-state index contributed by atoms with van der Waals surface area (Å²) in [6.07, 6.45) is 0. The Balaban J connectivity index is 0.00000256. The number of ether oxygens (including phenoxy) is 1. The molecule has 0 radical (unpaired) electrons. The second-order valence-corrected chi connectivity index (χ2v) is 7.79. The molecule has 2 heterocycles. The molecular weight excluding hydrogens is 411 g/mol. The Labute approximate surface area is 199 Å². The molecule has 0 aliphatic heterocycles. The molecule has 0 bridgehead atoms. The largest absolute Gasteiger partial charge is 1.00 e. The average Bonchev–Trinajstić information content (AvgIpc) is 3.27. The van der Waals surface area contributed by atoms with Crippen LogP contribution in [0.5, 0.6) is 5.75 Å². The zero-order valence-corrected chi connectivity index (χ0v) is 19.9. The molecule has 0 spiro atoms. The Bertz CT molecular complexity index is 1230. The standard InChI is InChI=1S/C22H20N2O4S.Na/c1-14-4-3-5-15(2)20(14)17-10-19(29-13-17)12-27-18-8-6-16(7-9-18)11-24-21(25)23-22(26)28-24;/h3-10,13H,11-12H2,1-2H3,(H,23,25,26);/q;+1/p-1. The summed E-state index contributed by atoms with van der Waals surface area (Å²) >= 11 is 1.68. The predicted octanol–water partition coefficient (Wildman–Crippen LogP) is 0.735. The van der Waals surface area contributed by atoms with Gasteiger partial charge in [0.2, 0.25) is 0 Å². The minimum Gasteiger partial charge on any atom is -0.488 e. The van der Waals surface area contributed by atoms with Gasteiger partial charge in [0.05, 0.1) is 0 Å². The van der Waals surface area contributed by atoms with E-state index in [1.165, 1.54) is 22.3 Å². The van der Waals surface area contributed by atoms with Crippen molar-refractivity contribution in [1.82, 2.24) is 9.72 Å². The molecule has 0 aliphatic rings. The van der Waals surface area contributed by atoms with Crippen molar-refractivity contribution in [3.05, 3.63) is 96.5 Å². The Morgan fingerprint density at radius 3 is 2.40 bits per heavy atom. The van der Waals surface area contributed by atoms with Crippen molar-refractivity contribution in [3.8, 4) is 16.9 Å². The van der Waals surface area contributed by atoms with E-state index in [0.29, 0.717) is 6.61 Å². The molecule has 8 heteroatoms. The van der Waals surface area contributed by atoms with Gasteiger partial charge in [0.1, 0.15) is 12.4 Å². The van der Waals surface area contributed by atoms with Crippen LogP contribution in [-0.2, 0) is 13.2 Å². The summed E-state index contributed by atoms with van der Waals surface area (Å²) in [5, 5.41) is 2.16. The Morgan fingerprint density at radius 1 is 1.07 bits per heavy atom. The minimum atomic E-state index is -0.883. The molecule has 0 N–H and O–H groups in total. The summed E-state index contributed by atoms with van der Waals surface area (Å²) < 4.78 is 11.5. The molecule has 2 aromatic heterocycles. The third kappa shape index (κ3) is 5.05. The number of aryl methyl sites for hydroxylation is 2. The normalized spacial score (nSPS) is 10.6. The summed E-state index contributed by atoms with van der Waals surface area (Å²) in [5.41, 5.74) is 5.15. The smallest absolute Gasteiger partial charge is 0.488 e. The first kappa shape index (κ1) is 22.4. The van der Waals surface area contributed by atoms with E-state index in [1.807, 2.05) is 24.3 Å². The van der Waals surface area contributed by atoms with Crippen LogP contribution >= 0.6 is 11.3 Å². The van der Waals surface area contributed by atoms with Crippen LogP contribution in [0.15, 0.2) is 68.0 Å². The number of hydrogen-bond acceptors (Lipinski definition) is 5. The van der Waals surface area contributed by atoms with E-state index in [0.717, 1.165) is 20.9 Å². The Hall–Kier alpha value is -2.32. The summed E-state index contributed by atoms with van der Waals surface area (Å²) in [6.45, 7) is 4.89. The number of hydrogen-bond donors (Lipinski definition) is 0. The van der Waals surface area contributed by atoms with Crippen molar-refractivity contribution >= 4 is 11.3 Å². The third-order valence-corrected chi connectivity index (χ3v) is 5.55. The number of benzene rings is 2. The van der Waals surface area contributed by atoms with Crippen molar-refractivity contribution in [2.24, 2.45) is 0 Å². The van der Waals surface area contributed by atoms with Crippen molar-refractivity contribution in [3.63, 3.8) is 0 Å². The van der Waals surface area contributed by atoms with E-state index in [4.69, 9.17) is 9.26 Å². The van der Waals surface area contributed by atoms with E-state index >= 15 is 0 Å². The zero-order chi connectivity index (χ0) is 20.4. The average molecular weight is 430 g/mol. The molecule has 148 valence electrons. The second kappa shape index (κ2) is 9.66. The molecule has 0 atom stereocenters. The number of nitrogens with zero attached hydrogens (tertiary/aromatic N) is 2. The molecule has 0 saturated heterocycles. The van der Waals surface area contributed by atoms with Crippen molar-refractivity contribution in [1.29, 1.82) is 0 Å². The quantitative estimate of drug-likeness (QED) is 0.422. The van der Waals surface area contributed by atoms with Crippen LogP contribution in [0, 0.1) is 13.8 Å². The van der Waals surface area contributed by atoms with Gasteiger partial charge in [-0.3, -0.25) is 9.53 Å². The van der Waals surface area contributed by atoms with Crippen molar-refractivity contribution in [2.45, 2.75) is 27.0 Å². The van der Waals surface area contributed by atoms with Gasteiger partial charge in [-0.25, -0.2) is 4.79 Å². The second-order valence-electron chi connectivity index (χ2n) is 6.79. The molecule has 6 nitrogen and oxygen atoms in total. The number of aromatic nitrogens is 2. The SMILES string of the molecule is Cc1cccc(C)c1-c1csc(COc2ccc(Cn3oc(=O)[n-]c3=O)cc2)c1.[Na+]. The fourth-order valence-electron chi connectivity index (χ4n) is 3.26. The van der Waals surface area contributed by atoms with Crippen LogP contribution in [0.3, 0.4) is 0 Å². The minimum absolute atomic E-state index is 0. The van der Waals surface area contributed by atoms with E-state index in [2.05, 4.69) is 48.5 Å². The van der Waals surface area contributed by atoms with E-state index in [-0.39, 0.29) is 36.1 Å². The zero-order valence-electron chi connectivity index (χ0n) is 17.0. The molecule has 4 rings (SSSR count). The van der Waals surface area contributed by atoms with Gasteiger partial charge < -0.3 is 14.2 Å². The van der Waals surface area contributed by atoms with Crippen LogP contribution in [0.2, 0.25) is 0 Å². The van der Waals surface area contributed by atoms with Gasteiger partial charge in [-0.15, -0.1) is 11.3 Å². The molecule has 2 aromatic carbocycles. The molecular formula is C22H19N2NaO4S. The summed E-state index contributed by atoms with van der Waals surface area (Å²) in [7, 11) is 0. The number of rotatable bonds is 6. The van der Waals surface area contributed by atoms with E-state index in [9.17, 15) is 9.59 Å². The van der Waals surface area contributed by atoms with E-state index < -0.39 is 11.4 Å². The van der Waals surface area contributed by atoms with Crippen molar-refractivity contribution < 1.29 is 38.8 Å². The Morgan fingerprint density at radius 2 is 1.77 bits per heavy atom. The fraction of sp³-hybridized carbons (Fsp3) is 0.182. The maximum atomic E-state index is 11.5. The molecule has 0 saturated carbocycles. The Kier molecular flexibility index (Phi) is 7.20. The first-order valence-corrected chi connectivity index (χ1v) is 9.98. The molecule has 0 aliphatic carbocycles. The monoisotopic (exact) mass is 430 g/mol. The van der Waals surface area contributed by atoms with Crippen molar-refractivity contribution in [2.75, 3.05) is 0 Å². The van der Waals surface area contributed by atoms with Crippen LogP contribution < -0.4 is 50.7 Å². The molecule has 0 fully saturated rings. The van der Waals surface area contributed by atoms with Gasteiger partial charge in [0.15, 0.2) is 5.69 Å². The first-order chi connectivity index (χ1) is 14.0. The van der Waals surface area contributed by atoms with Crippen LogP contribution in [0.4, 0.5) is 0 Å². The molecule has 0 amide bonds. The predicted molar refractivity (Wildman–Crippen MR) is 112 cm³/mol. The van der Waals surface area contributed by atoms with Crippen LogP contribution in [0.25, 0.3) is 11.1 Å².